The van der Waals surface area contributed by atoms with E-state index in [1.807, 2.05) is 44.2 Å². The summed E-state index contributed by atoms with van der Waals surface area (Å²) in [6.45, 7) is 5.79. The summed E-state index contributed by atoms with van der Waals surface area (Å²) in [4.78, 5) is 26.5. The summed E-state index contributed by atoms with van der Waals surface area (Å²) in [5, 5.41) is 9.07. The van der Waals surface area contributed by atoms with Crippen LogP contribution in [0.15, 0.2) is 65.5 Å². The van der Waals surface area contributed by atoms with E-state index in [2.05, 4.69) is 29.6 Å². The summed E-state index contributed by atoms with van der Waals surface area (Å²) in [5.41, 5.74) is 6.99. The Balaban J connectivity index is 1.57. The molecule has 1 aliphatic rings. The Labute approximate surface area is 193 Å². The fourth-order valence-electron chi connectivity index (χ4n) is 4.67. The van der Waals surface area contributed by atoms with E-state index in [-0.39, 0.29) is 11.5 Å². The number of nitrogens with one attached hydrogen (secondary N) is 1. The van der Waals surface area contributed by atoms with Crippen LogP contribution in [0.25, 0.3) is 22.0 Å². The zero-order valence-corrected chi connectivity index (χ0v) is 19.2. The van der Waals surface area contributed by atoms with Crippen LogP contribution in [-0.2, 0) is 17.6 Å². The van der Waals surface area contributed by atoms with Crippen molar-refractivity contribution in [2.75, 3.05) is 5.32 Å². The third-order valence-corrected chi connectivity index (χ3v) is 6.59. The summed E-state index contributed by atoms with van der Waals surface area (Å²) < 4.78 is 1.32. The van der Waals surface area contributed by atoms with E-state index >= 15 is 0 Å². The minimum absolute atomic E-state index is 0.259. The molecule has 0 bridgehead atoms. The molecule has 1 aromatic heterocycles. The van der Waals surface area contributed by atoms with Gasteiger partial charge in [-0.25, -0.2) is 4.68 Å². The van der Waals surface area contributed by atoms with Crippen LogP contribution in [0.4, 0.5) is 5.69 Å². The summed E-state index contributed by atoms with van der Waals surface area (Å²) in [6.07, 6.45) is 3.29. The first kappa shape index (κ1) is 21.1. The van der Waals surface area contributed by atoms with Crippen molar-refractivity contribution in [1.82, 2.24) is 9.78 Å². The molecule has 1 atom stereocenters. The lowest BCUT2D eigenvalue weighted by atomic mass is 9.99. The average molecular weight is 438 g/mol. The Morgan fingerprint density at radius 1 is 0.970 bits per heavy atom. The molecule has 0 aliphatic heterocycles. The minimum Gasteiger partial charge on any atom is -0.324 e. The molecule has 5 nitrogen and oxygen atoms in total. The third kappa shape index (κ3) is 3.84. The average Bonchev–Trinajstić information content (AvgIpc) is 3.29. The topological polar surface area (TPSA) is 64.0 Å². The molecule has 0 fully saturated rings. The number of aryl methyl sites for hydroxylation is 4. The number of rotatable bonds is 4. The van der Waals surface area contributed by atoms with Gasteiger partial charge in [-0.1, -0.05) is 42.0 Å². The largest absolute Gasteiger partial charge is 0.324 e. The van der Waals surface area contributed by atoms with E-state index in [0.29, 0.717) is 11.1 Å². The number of carbonyl (C=O) groups excluding carboxylic acids is 1. The zero-order valence-electron chi connectivity index (χ0n) is 19.2. The van der Waals surface area contributed by atoms with E-state index in [0.717, 1.165) is 47.0 Å². The quantitative estimate of drug-likeness (QED) is 0.467. The molecule has 166 valence electrons. The molecule has 0 radical (unpaired) electrons. The SMILES string of the molecule is Cc1ccc(C)c(-c2nn([C@@H](C)C(=O)Nc3ccc4c(c3)CCC4)c(=O)c3ccccc23)c1. The van der Waals surface area contributed by atoms with Crippen molar-refractivity contribution in [3.63, 3.8) is 0 Å². The third-order valence-electron chi connectivity index (χ3n) is 6.59. The predicted molar refractivity (Wildman–Crippen MR) is 133 cm³/mol. The van der Waals surface area contributed by atoms with E-state index in [1.54, 1.807) is 13.0 Å². The molecule has 4 aromatic rings. The van der Waals surface area contributed by atoms with E-state index in [9.17, 15) is 9.59 Å². The predicted octanol–water partition coefficient (Wildman–Crippen LogP) is 5.37. The maximum Gasteiger partial charge on any atom is 0.275 e. The molecule has 0 spiro atoms. The number of aromatic nitrogens is 2. The first-order valence-corrected chi connectivity index (χ1v) is 11.4. The van der Waals surface area contributed by atoms with Crippen molar-refractivity contribution in [2.45, 2.75) is 46.1 Å². The lowest BCUT2D eigenvalue weighted by Gasteiger charge is -2.18. The van der Waals surface area contributed by atoms with Crippen LogP contribution in [0.2, 0.25) is 0 Å². The lowest BCUT2D eigenvalue weighted by Crippen LogP contribution is -2.34. The molecule has 0 saturated heterocycles. The summed E-state index contributed by atoms with van der Waals surface area (Å²) >= 11 is 0. The van der Waals surface area contributed by atoms with Gasteiger partial charge in [0.25, 0.3) is 5.56 Å². The second kappa shape index (κ2) is 8.32. The molecular formula is C28H27N3O2. The number of fused-ring (bicyclic) bond motifs is 2. The normalized spacial score (nSPS) is 13.7. The first-order valence-electron chi connectivity index (χ1n) is 11.4. The van der Waals surface area contributed by atoms with Gasteiger partial charge in [-0.05, 0) is 81.0 Å². The highest BCUT2D eigenvalue weighted by atomic mass is 16.2. The molecule has 1 amide bonds. The van der Waals surface area contributed by atoms with Gasteiger partial charge in [0.05, 0.1) is 11.1 Å². The van der Waals surface area contributed by atoms with Crippen molar-refractivity contribution < 1.29 is 4.79 Å². The molecule has 0 unspecified atom stereocenters. The number of anilines is 1. The van der Waals surface area contributed by atoms with Crippen molar-refractivity contribution >= 4 is 22.4 Å². The highest BCUT2D eigenvalue weighted by molar-refractivity contribution is 5.96. The van der Waals surface area contributed by atoms with Crippen molar-refractivity contribution in [3.05, 3.63) is 93.3 Å². The van der Waals surface area contributed by atoms with E-state index in [1.165, 1.54) is 15.8 Å². The Morgan fingerprint density at radius 3 is 2.55 bits per heavy atom. The monoisotopic (exact) mass is 437 g/mol. The van der Waals surface area contributed by atoms with Gasteiger partial charge in [0.1, 0.15) is 6.04 Å². The maximum absolute atomic E-state index is 13.3. The smallest absolute Gasteiger partial charge is 0.275 e. The number of benzene rings is 3. The highest BCUT2D eigenvalue weighted by Gasteiger charge is 2.22. The van der Waals surface area contributed by atoms with Gasteiger partial charge in [0, 0.05) is 16.6 Å². The van der Waals surface area contributed by atoms with Gasteiger partial charge < -0.3 is 5.32 Å². The molecule has 1 aliphatic carbocycles. The standard InChI is InChI=1S/C28H27N3O2/c1-17-11-12-18(2)25(15-17)26-23-9-4-5-10-24(23)28(33)31(30-26)19(3)27(32)29-22-14-13-20-7-6-8-21(20)16-22/h4-5,9-16,19H,6-8H2,1-3H3,(H,29,32)/t19-/m0/s1. The van der Waals surface area contributed by atoms with Crippen LogP contribution < -0.4 is 10.9 Å². The van der Waals surface area contributed by atoms with Crippen LogP contribution >= 0.6 is 0 Å². The van der Waals surface area contributed by atoms with Gasteiger partial charge in [-0.2, -0.15) is 5.10 Å². The van der Waals surface area contributed by atoms with Gasteiger partial charge in [-0.15, -0.1) is 0 Å². The van der Waals surface area contributed by atoms with Crippen molar-refractivity contribution in [2.24, 2.45) is 0 Å². The maximum atomic E-state index is 13.3. The highest BCUT2D eigenvalue weighted by Crippen LogP contribution is 2.29. The fourth-order valence-corrected chi connectivity index (χ4v) is 4.67. The van der Waals surface area contributed by atoms with Gasteiger partial charge in [-0.3, -0.25) is 9.59 Å². The molecule has 1 heterocycles. The van der Waals surface area contributed by atoms with Gasteiger partial charge in [0.2, 0.25) is 5.91 Å². The van der Waals surface area contributed by atoms with Crippen LogP contribution in [-0.4, -0.2) is 15.7 Å². The minimum atomic E-state index is -0.765. The molecule has 33 heavy (non-hydrogen) atoms. The number of hydrogen-bond acceptors (Lipinski definition) is 3. The molecule has 5 rings (SSSR count). The first-order chi connectivity index (χ1) is 15.9. The Kier molecular flexibility index (Phi) is 5.33. The summed E-state index contributed by atoms with van der Waals surface area (Å²) in [6, 6.07) is 19.0. The van der Waals surface area contributed by atoms with Crippen molar-refractivity contribution in [3.8, 4) is 11.3 Å². The van der Waals surface area contributed by atoms with Gasteiger partial charge >= 0.3 is 0 Å². The Hall–Kier alpha value is -3.73. The van der Waals surface area contributed by atoms with Crippen LogP contribution in [0.5, 0.6) is 0 Å². The summed E-state index contributed by atoms with van der Waals surface area (Å²) in [5.74, 6) is -0.259. The second-order valence-electron chi connectivity index (χ2n) is 8.96. The van der Waals surface area contributed by atoms with E-state index in [4.69, 9.17) is 5.10 Å². The Bertz CT molecular complexity index is 1450. The van der Waals surface area contributed by atoms with Gasteiger partial charge in [0.15, 0.2) is 0 Å². The molecule has 5 heteroatoms. The lowest BCUT2D eigenvalue weighted by molar-refractivity contribution is -0.119. The molecular weight excluding hydrogens is 410 g/mol. The molecule has 1 N–H and O–H groups in total. The van der Waals surface area contributed by atoms with Crippen LogP contribution in [0.3, 0.4) is 0 Å². The zero-order chi connectivity index (χ0) is 23.1. The fraction of sp³-hybridized carbons (Fsp3) is 0.250. The number of carbonyl (C=O) groups is 1. The van der Waals surface area contributed by atoms with E-state index < -0.39 is 6.04 Å². The second-order valence-corrected chi connectivity index (χ2v) is 8.96. The van der Waals surface area contributed by atoms with Crippen LogP contribution in [0.1, 0.15) is 41.6 Å². The molecule has 0 saturated carbocycles. The number of nitrogens with zero attached hydrogens (tertiary/aromatic N) is 2. The van der Waals surface area contributed by atoms with Crippen molar-refractivity contribution in [1.29, 1.82) is 0 Å². The molecule has 3 aromatic carbocycles. The number of amides is 1. The Morgan fingerprint density at radius 2 is 1.73 bits per heavy atom. The number of hydrogen-bond donors (Lipinski definition) is 1. The summed E-state index contributed by atoms with van der Waals surface area (Å²) in [7, 11) is 0. The van der Waals surface area contributed by atoms with Crippen LogP contribution in [0, 0.1) is 13.8 Å².